The van der Waals surface area contributed by atoms with E-state index in [1.54, 1.807) is 26.2 Å². The van der Waals surface area contributed by atoms with Crippen molar-refractivity contribution in [2.75, 3.05) is 0 Å². The van der Waals surface area contributed by atoms with E-state index in [2.05, 4.69) is 4.98 Å². The van der Waals surface area contributed by atoms with Gasteiger partial charge < -0.3 is 19.7 Å². The molecule has 7 atom stereocenters. The number of epoxide rings is 1. The summed E-state index contributed by atoms with van der Waals surface area (Å²) in [7, 11) is 0. The molecule has 2 fully saturated rings. The number of Topliss-reactive ketones (excluding diaryl/α,β-unsaturated/α-hetero) is 1. The third-order valence-electron chi connectivity index (χ3n) is 7.64. The highest BCUT2D eigenvalue weighted by molar-refractivity contribution is 7.09. The smallest absolute Gasteiger partial charge is 0.309 e. The number of thiazole rings is 1. The average Bonchev–Trinajstić information content (AvgIpc) is 3.22. The summed E-state index contributed by atoms with van der Waals surface area (Å²) < 4.78 is 26.7. The fourth-order valence-corrected chi connectivity index (χ4v) is 5.44. The normalized spacial score (nSPS) is 37.5. The molecule has 196 valence electrons. The van der Waals surface area contributed by atoms with Crippen LogP contribution in [0.25, 0.3) is 6.08 Å². The van der Waals surface area contributed by atoms with Crippen LogP contribution in [0, 0.1) is 24.2 Å². The number of aliphatic hydroxyl groups excluding tert-OH is 2. The lowest BCUT2D eigenvalue weighted by atomic mass is 9.73. The van der Waals surface area contributed by atoms with Gasteiger partial charge in [0.1, 0.15) is 11.6 Å². The van der Waals surface area contributed by atoms with E-state index < -0.39 is 53.5 Å². The molecule has 3 rings (SSSR count). The zero-order valence-electron chi connectivity index (χ0n) is 21.4. The fourth-order valence-electron chi connectivity index (χ4n) is 4.86. The monoisotopic (exact) mass is 511 g/mol. The van der Waals surface area contributed by atoms with Crippen LogP contribution in [0.4, 0.5) is 4.39 Å². The number of aliphatic hydroxyl groups is 2. The Morgan fingerprint density at radius 1 is 1.26 bits per heavy atom. The number of fused-ring (bicyclic) bond motifs is 1. The number of nitrogens with zero attached hydrogens (tertiary/aromatic N) is 1. The molecule has 0 amide bonds. The number of halogens is 1. The van der Waals surface area contributed by atoms with Crippen LogP contribution in [0.15, 0.2) is 11.2 Å². The Morgan fingerprint density at radius 2 is 1.94 bits per heavy atom. The van der Waals surface area contributed by atoms with E-state index in [0.717, 1.165) is 11.4 Å². The highest BCUT2D eigenvalue weighted by atomic mass is 32.1. The molecule has 2 N–H and O–H groups in total. The van der Waals surface area contributed by atoms with Gasteiger partial charge in [-0.25, -0.2) is 9.37 Å². The van der Waals surface area contributed by atoms with E-state index in [-0.39, 0.29) is 24.2 Å². The maximum Gasteiger partial charge on any atom is 0.309 e. The van der Waals surface area contributed by atoms with Gasteiger partial charge in [0, 0.05) is 17.7 Å². The molecular formula is C26H38FNO6S. The first-order valence-corrected chi connectivity index (χ1v) is 13.2. The summed E-state index contributed by atoms with van der Waals surface area (Å²) in [5.41, 5.74) is -1.32. The zero-order valence-corrected chi connectivity index (χ0v) is 22.2. The summed E-state index contributed by atoms with van der Waals surface area (Å²) in [6.07, 6.45) is -0.593. The third kappa shape index (κ3) is 6.56. The molecule has 7 nitrogen and oxygen atoms in total. The number of carbonyl (C=O) groups is 2. The Bertz CT molecular complexity index is 961. The lowest BCUT2D eigenvalue weighted by Gasteiger charge is -2.34. The standard InChI is InChI=1S/C26H38FNO6S/c1-14-8-7-9-26(6)21(34-26)11-19(18(27)10-17-13-35-16(3)28-17)33-22(30)12-20(29)25(4,5)24(32)15(2)23(14)31/h10,13-15,19-21,23,29,31H,7-9,11-12H2,1-6H3/t14-,15+,19-,20-,21?,23-,26?/m0/s1. The lowest BCUT2D eigenvalue weighted by molar-refractivity contribution is -0.155. The van der Waals surface area contributed by atoms with E-state index in [0.29, 0.717) is 18.5 Å². The van der Waals surface area contributed by atoms with Crippen molar-refractivity contribution in [3.63, 3.8) is 0 Å². The number of ether oxygens (including phenoxy) is 2. The van der Waals surface area contributed by atoms with E-state index in [9.17, 15) is 19.8 Å². The molecule has 0 aromatic carbocycles. The first-order valence-electron chi connectivity index (χ1n) is 12.3. The van der Waals surface area contributed by atoms with Gasteiger partial charge in [-0.1, -0.05) is 34.1 Å². The number of ketones is 1. The highest BCUT2D eigenvalue weighted by Crippen LogP contribution is 2.45. The van der Waals surface area contributed by atoms with Gasteiger partial charge in [-0.05, 0) is 38.7 Å². The van der Waals surface area contributed by atoms with Crippen molar-refractivity contribution in [3.8, 4) is 0 Å². The highest BCUT2D eigenvalue weighted by Gasteiger charge is 2.53. The Labute approximate surface area is 210 Å². The number of hydrogen-bond acceptors (Lipinski definition) is 8. The summed E-state index contributed by atoms with van der Waals surface area (Å²) in [6, 6.07) is 0. The van der Waals surface area contributed by atoms with E-state index in [1.165, 1.54) is 17.4 Å². The van der Waals surface area contributed by atoms with Crippen molar-refractivity contribution < 1.29 is 33.7 Å². The number of esters is 1. The molecular weight excluding hydrogens is 473 g/mol. The van der Waals surface area contributed by atoms with Gasteiger partial charge >= 0.3 is 5.97 Å². The van der Waals surface area contributed by atoms with Gasteiger partial charge in [-0.2, -0.15) is 0 Å². The van der Waals surface area contributed by atoms with Gasteiger partial charge in [0.2, 0.25) is 0 Å². The van der Waals surface area contributed by atoms with Crippen LogP contribution in [-0.4, -0.2) is 57.0 Å². The molecule has 2 aliphatic rings. The number of carbonyl (C=O) groups excluding carboxylic acids is 2. The van der Waals surface area contributed by atoms with Gasteiger partial charge in [-0.3, -0.25) is 9.59 Å². The summed E-state index contributed by atoms with van der Waals surface area (Å²) in [5, 5.41) is 24.1. The number of hydrogen-bond donors (Lipinski definition) is 2. The van der Waals surface area contributed by atoms with Crippen molar-refractivity contribution in [3.05, 3.63) is 21.9 Å². The molecule has 2 saturated heterocycles. The molecule has 3 heterocycles. The summed E-state index contributed by atoms with van der Waals surface area (Å²) in [4.78, 5) is 30.2. The number of aromatic nitrogens is 1. The summed E-state index contributed by atoms with van der Waals surface area (Å²) in [5.74, 6) is -2.62. The first-order chi connectivity index (χ1) is 16.2. The Morgan fingerprint density at radius 3 is 2.57 bits per heavy atom. The summed E-state index contributed by atoms with van der Waals surface area (Å²) >= 11 is 1.39. The van der Waals surface area contributed by atoms with Gasteiger partial charge in [0.25, 0.3) is 0 Å². The molecule has 0 radical (unpaired) electrons. The zero-order chi connectivity index (χ0) is 26.1. The molecule has 0 saturated carbocycles. The first kappa shape index (κ1) is 27.9. The van der Waals surface area contributed by atoms with Crippen LogP contribution in [0.3, 0.4) is 0 Å². The Balaban J connectivity index is 1.85. The van der Waals surface area contributed by atoms with E-state index in [4.69, 9.17) is 9.47 Å². The molecule has 0 spiro atoms. The average molecular weight is 512 g/mol. The van der Waals surface area contributed by atoms with Crippen molar-refractivity contribution in [2.45, 2.75) is 104 Å². The minimum Gasteiger partial charge on any atom is -0.455 e. The maximum atomic E-state index is 15.3. The Kier molecular flexibility index (Phi) is 8.57. The van der Waals surface area contributed by atoms with Crippen molar-refractivity contribution in [1.82, 2.24) is 4.98 Å². The third-order valence-corrected chi connectivity index (χ3v) is 8.43. The molecule has 0 bridgehead atoms. The second kappa shape index (κ2) is 10.7. The second-order valence-electron chi connectivity index (χ2n) is 10.9. The largest absolute Gasteiger partial charge is 0.455 e. The van der Waals surface area contributed by atoms with Crippen LogP contribution in [0.2, 0.25) is 0 Å². The van der Waals surface area contributed by atoms with E-state index in [1.807, 2.05) is 20.8 Å². The molecule has 2 aliphatic heterocycles. The van der Waals surface area contributed by atoms with Crippen molar-refractivity contribution >= 4 is 29.2 Å². The minimum absolute atomic E-state index is 0.129. The molecule has 9 heteroatoms. The molecule has 1 aromatic rings. The molecule has 35 heavy (non-hydrogen) atoms. The Hall–Kier alpha value is -1.68. The predicted octanol–water partition coefficient (Wildman–Crippen LogP) is 4.38. The lowest BCUT2D eigenvalue weighted by Crippen LogP contribution is -2.45. The second-order valence-corrected chi connectivity index (χ2v) is 12.0. The van der Waals surface area contributed by atoms with Crippen LogP contribution >= 0.6 is 11.3 Å². The van der Waals surface area contributed by atoms with Gasteiger partial charge in [-0.15, -0.1) is 11.3 Å². The molecule has 2 unspecified atom stereocenters. The SMILES string of the molecule is Cc1nc(C=C(F)[C@@H]2CC3OC3(C)CCC[C@H](C)[C@H](O)[C@@H](C)C(=O)C(C)(C)[C@@H](O)CC(=O)O2)cs1. The van der Waals surface area contributed by atoms with E-state index >= 15 is 4.39 Å². The molecule has 0 aliphatic carbocycles. The fraction of sp³-hybridized carbons (Fsp3) is 0.731. The minimum atomic E-state index is -1.35. The van der Waals surface area contributed by atoms with Gasteiger partial charge in [0.15, 0.2) is 6.10 Å². The maximum absolute atomic E-state index is 15.3. The van der Waals surface area contributed by atoms with Crippen LogP contribution in [0.5, 0.6) is 0 Å². The van der Waals surface area contributed by atoms with Gasteiger partial charge in [0.05, 0.1) is 46.5 Å². The number of cyclic esters (lactones) is 1. The quantitative estimate of drug-likeness (QED) is 0.448. The topological polar surface area (TPSA) is 109 Å². The van der Waals surface area contributed by atoms with Crippen molar-refractivity contribution in [2.24, 2.45) is 17.3 Å². The number of aryl methyl sites for hydroxylation is 1. The van der Waals surface area contributed by atoms with Crippen LogP contribution in [-0.2, 0) is 19.1 Å². The summed E-state index contributed by atoms with van der Waals surface area (Å²) in [6.45, 7) is 10.4. The predicted molar refractivity (Wildman–Crippen MR) is 131 cm³/mol. The van der Waals surface area contributed by atoms with Crippen LogP contribution < -0.4 is 0 Å². The molecule has 1 aromatic heterocycles. The van der Waals surface area contributed by atoms with Crippen LogP contribution in [0.1, 0.15) is 77.4 Å². The number of rotatable bonds is 2. The van der Waals surface area contributed by atoms with Crippen molar-refractivity contribution in [1.29, 1.82) is 0 Å².